The van der Waals surface area contributed by atoms with E-state index < -0.39 is 0 Å². The lowest BCUT2D eigenvalue weighted by Crippen LogP contribution is -2.24. The minimum absolute atomic E-state index is 0.194. The molecule has 0 unspecified atom stereocenters. The molecular weight excluding hydrogens is 275 g/mol. The second kappa shape index (κ2) is 8.42. The maximum absolute atomic E-state index is 12.9. The first-order valence-corrected chi connectivity index (χ1v) is 8.06. The largest absolute Gasteiger partial charge is 0.381 e. The van der Waals surface area contributed by atoms with E-state index in [1.807, 2.05) is 0 Å². The number of hydrogen-bond donors (Lipinski definition) is 1. The van der Waals surface area contributed by atoms with E-state index >= 15 is 0 Å². The highest BCUT2D eigenvalue weighted by Crippen LogP contribution is 2.19. The molecule has 2 aromatic rings. The third-order valence-corrected chi connectivity index (χ3v) is 3.63. The van der Waals surface area contributed by atoms with Crippen LogP contribution in [-0.4, -0.2) is 13.1 Å². The number of nitrogens with zero attached hydrogens (tertiary/aromatic N) is 1. The summed E-state index contributed by atoms with van der Waals surface area (Å²) in [6.45, 7) is 7.31. The van der Waals surface area contributed by atoms with Crippen LogP contribution in [0, 0.1) is 5.82 Å². The summed E-state index contributed by atoms with van der Waals surface area (Å²) in [6, 6.07) is 15.1. The van der Waals surface area contributed by atoms with Gasteiger partial charge in [-0.3, -0.25) is 0 Å². The van der Waals surface area contributed by atoms with E-state index in [1.54, 1.807) is 12.1 Å². The van der Waals surface area contributed by atoms with Crippen LogP contribution in [0.15, 0.2) is 48.5 Å². The average molecular weight is 300 g/mol. The summed E-state index contributed by atoms with van der Waals surface area (Å²) < 4.78 is 12.9. The van der Waals surface area contributed by atoms with Crippen molar-refractivity contribution >= 4 is 11.4 Å². The van der Waals surface area contributed by atoms with Crippen LogP contribution >= 0.6 is 0 Å². The Balaban J connectivity index is 1.94. The maximum Gasteiger partial charge on any atom is 0.123 e. The summed E-state index contributed by atoms with van der Waals surface area (Å²) in [5.41, 5.74) is 3.43. The summed E-state index contributed by atoms with van der Waals surface area (Å²) in [7, 11) is 0. The van der Waals surface area contributed by atoms with Crippen molar-refractivity contribution in [1.29, 1.82) is 0 Å². The van der Waals surface area contributed by atoms with Crippen molar-refractivity contribution in [1.82, 2.24) is 0 Å². The Morgan fingerprint density at radius 3 is 2.00 bits per heavy atom. The number of nitrogens with one attached hydrogen (secondary N) is 1. The monoisotopic (exact) mass is 300 g/mol. The summed E-state index contributed by atoms with van der Waals surface area (Å²) in [6.07, 6.45) is 2.31. The Morgan fingerprint density at radius 1 is 0.864 bits per heavy atom. The summed E-state index contributed by atoms with van der Waals surface area (Å²) in [5.74, 6) is -0.194. The summed E-state index contributed by atoms with van der Waals surface area (Å²) >= 11 is 0. The Hall–Kier alpha value is -2.03. The molecule has 0 radical (unpaired) electrons. The van der Waals surface area contributed by atoms with Gasteiger partial charge in [-0.25, -0.2) is 4.39 Å². The van der Waals surface area contributed by atoms with Crippen LogP contribution in [0.5, 0.6) is 0 Å². The molecule has 0 aliphatic heterocycles. The van der Waals surface area contributed by atoms with Crippen LogP contribution in [0.25, 0.3) is 0 Å². The van der Waals surface area contributed by atoms with Crippen molar-refractivity contribution in [3.05, 3.63) is 59.9 Å². The van der Waals surface area contributed by atoms with Gasteiger partial charge in [-0.15, -0.1) is 0 Å². The standard InChI is InChI=1S/C19H25FN2/c1-3-13-22(14-4-2)19-11-9-18(10-12-19)21-15-16-5-7-17(20)8-6-16/h5-12,21H,3-4,13-15H2,1-2H3. The topological polar surface area (TPSA) is 15.3 Å². The highest BCUT2D eigenvalue weighted by molar-refractivity contribution is 5.55. The van der Waals surface area contributed by atoms with E-state index in [4.69, 9.17) is 0 Å². The number of halogens is 1. The average Bonchev–Trinajstić information content (AvgIpc) is 2.55. The third-order valence-electron chi connectivity index (χ3n) is 3.63. The smallest absolute Gasteiger partial charge is 0.123 e. The van der Waals surface area contributed by atoms with Crippen LogP contribution in [-0.2, 0) is 6.54 Å². The first kappa shape index (κ1) is 16.3. The van der Waals surface area contributed by atoms with Gasteiger partial charge in [0.25, 0.3) is 0 Å². The van der Waals surface area contributed by atoms with Gasteiger partial charge in [0.05, 0.1) is 0 Å². The summed E-state index contributed by atoms with van der Waals surface area (Å²) in [5, 5.41) is 3.37. The first-order valence-electron chi connectivity index (χ1n) is 8.06. The molecule has 2 rings (SSSR count). The normalized spacial score (nSPS) is 10.5. The molecule has 2 aromatic carbocycles. The van der Waals surface area contributed by atoms with Gasteiger partial charge in [0, 0.05) is 31.0 Å². The van der Waals surface area contributed by atoms with Gasteiger partial charge in [0.15, 0.2) is 0 Å². The third kappa shape index (κ3) is 4.76. The molecule has 1 N–H and O–H groups in total. The first-order chi connectivity index (χ1) is 10.7. The summed E-state index contributed by atoms with van der Waals surface area (Å²) in [4.78, 5) is 2.42. The molecule has 0 atom stereocenters. The molecule has 22 heavy (non-hydrogen) atoms. The van der Waals surface area contributed by atoms with E-state index in [0.29, 0.717) is 6.54 Å². The number of hydrogen-bond acceptors (Lipinski definition) is 2. The molecule has 3 heteroatoms. The van der Waals surface area contributed by atoms with Gasteiger partial charge in [0.2, 0.25) is 0 Å². The van der Waals surface area contributed by atoms with Gasteiger partial charge in [-0.05, 0) is 54.8 Å². The molecular formula is C19H25FN2. The van der Waals surface area contributed by atoms with Crippen molar-refractivity contribution in [3.8, 4) is 0 Å². The fourth-order valence-corrected chi connectivity index (χ4v) is 2.51. The van der Waals surface area contributed by atoms with Crippen molar-refractivity contribution in [2.45, 2.75) is 33.2 Å². The van der Waals surface area contributed by atoms with E-state index in [9.17, 15) is 4.39 Å². The van der Waals surface area contributed by atoms with Crippen molar-refractivity contribution in [2.75, 3.05) is 23.3 Å². The molecule has 0 saturated carbocycles. The van der Waals surface area contributed by atoms with E-state index in [2.05, 4.69) is 48.3 Å². The van der Waals surface area contributed by atoms with E-state index in [0.717, 1.165) is 37.2 Å². The van der Waals surface area contributed by atoms with Crippen molar-refractivity contribution in [3.63, 3.8) is 0 Å². The lowest BCUT2D eigenvalue weighted by molar-refractivity contribution is 0.627. The predicted molar refractivity (Wildman–Crippen MR) is 93.0 cm³/mol. The molecule has 0 aromatic heterocycles. The lowest BCUT2D eigenvalue weighted by Gasteiger charge is -2.24. The zero-order valence-electron chi connectivity index (χ0n) is 13.5. The molecule has 0 heterocycles. The van der Waals surface area contributed by atoms with Crippen LogP contribution in [0.3, 0.4) is 0 Å². The fraction of sp³-hybridized carbons (Fsp3) is 0.368. The number of rotatable bonds is 8. The molecule has 0 fully saturated rings. The van der Waals surface area contributed by atoms with Gasteiger partial charge >= 0.3 is 0 Å². The van der Waals surface area contributed by atoms with Crippen LogP contribution in [0.2, 0.25) is 0 Å². The predicted octanol–water partition coefficient (Wildman–Crippen LogP) is 5.06. The van der Waals surface area contributed by atoms with Crippen LogP contribution in [0.4, 0.5) is 15.8 Å². The van der Waals surface area contributed by atoms with Crippen molar-refractivity contribution < 1.29 is 4.39 Å². The van der Waals surface area contributed by atoms with Crippen molar-refractivity contribution in [2.24, 2.45) is 0 Å². The SMILES string of the molecule is CCCN(CCC)c1ccc(NCc2ccc(F)cc2)cc1. The molecule has 0 amide bonds. The molecule has 0 aliphatic carbocycles. The minimum atomic E-state index is -0.194. The molecule has 0 aliphatic rings. The highest BCUT2D eigenvalue weighted by atomic mass is 19.1. The Morgan fingerprint density at radius 2 is 1.45 bits per heavy atom. The van der Waals surface area contributed by atoms with Gasteiger partial charge in [-0.2, -0.15) is 0 Å². The zero-order chi connectivity index (χ0) is 15.8. The molecule has 118 valence electrons. The second-order valence-corrected chi connectivity index (χ2v) is 5.51. The van der Waals surface area contributed by atoms with E-state index in [1.165, 1.54) is 17.8 Å². The Bertz CT molecular complexity index is 543. The Kier molecular flexibility index (Phi) is 6.26. The molecule has 0 bridgehead atoms. The lowest BCUT2D eigenvalue weighted by atomic mass is 10.2. The number of anilines is 2. The molecule has 0 saturated heterocycles. The highest BCUT2D eigenvalue weighted by Gasteiger charge is 2.04. The van der Waals surface area contributed by atoms with Gasteiger partial charge < -0.3 is 10.2 Å². The second-order valence-electron chi connectivity index (χ2n) is 5.51. The van der Waals surface area contributed by atoms with Gasteiger partial charge in [0.1, 0.15) is 5.82 Å². The zero-order valence-corrected chi connectivity index (χ0v) is 13.5. The minimum Gasteiger partial charge on any atom is -0.381 e. The fourth-order valence-electron chi connectivity index (χ4n) is 2.51. The van der Waals surface area contributed by atoms with Crippen LogP contribution < -0.4 is 10.2 Å². The molecule has 2 nitrogen and oxygen atoms in total. The molecule has 0 spiro atoms. The van der Waals surface area contributed by atoms with Gasteiger partial charge in [-0.1, -0.05) is 26.0 Å². The van der Waals surface area contributed by atoms with E-state index in [-0.39, 0.29) is 5.82 Å². The Labute approximate surface area is 133 Å². The number of benzene rings is 2. The quantitative estimate of drug-likeness (QED) is 0.732. The van der Waals surface area contributed by atoms with Crippen LogP contribution in [0.1, 0.15) is 32.3 Å². The maximum atomic E-state index is 12.9.